The minimum atomic E-state index is -0.617. The van der Waals surface area contributed by atoms with Crippen molar-refractivity contribution in [3.8, 4) is 11.5 Å². The average molecular weight is 343 g/mol. The lowest BCUT2D eigenvalue weighted by molar-refractivity contribution is 0.288. The molecular formula is C15H13BrF2O2. The molecule has 106 valence electrons. The van der Waals surface area contributed by atoms with Crippen molar-refractivity contribution in [1.29, 1.82) is 0 Å². The molecule has 2 nitrogen and oxygen atoms in total. The first-order valence-electron chi connectivity index (χ1n) is 5.94. The summed E-state index contributed by atoms with van der Waals surface area (Å²) in [4.78, 5) is 0. The van der Waals surface area contributed by atoms with Gasteiger partial charge in [-0.05, 0) is 18.2 Å². The van der Waals surface area contributed by atoms with Gasteiger partial charge in [-0.15, -0.1) is 0 Å². The highest BCUT2D eigenvalue weighted by Gasteiger charge is 2.11. The van der Waals surface area contributed by atoms with Crippen molar-refractivity contribution >= 4 is 15.9 Å². The van der Waals surface area contributed by atoms with Gasteiger partial charge in [0.2, 0.25) is 0 Å². The van der Waals surface area contributed by atoms with Gasteiger partial charge in [-0.2, -0.15) is 0 Å². The third kappa shape index (κ3) is 3.28. The standard InChI is InChI=1S/C15H13BrF2O2/c1-19-11-6-5-10(8-16)15(7-11)20-9-12-13(17)3-2-4-14(12)18/h2-7H,8-9H2,1H3. The van der Waals surface area contributed by atoms with E-state index in [0.29, 0.717) is 16.8 Å². The van der Waals surface area contributed by atoms with Gasteiger partial charge in [0.25, 0.3) is 0 Å². The molecule has 0 atom stereocenters. The van der Waals surface area contributed by atoms with Crippen LogP contribution in [0.3, 0.4) is 0 Å². The number of alkyl halides is 1. The van der Waals surface area contributed by atoms with Gasteiger partial charge in [0.15, 0.2) is 0 Å². The predicted octanol–water partition coefficient (Wildman–Crippen LogP) is 4.45. The summed E-state index contributed by atoms with van der Waals surface area (Å²) < 4.78 is 37.7. The van der Waals surface area contributed by atoms with Crippen LogP contribution in [-0.2, 0) is 11.9 Å². The van der Waals surface area contributed by atoms with Crippen molar-refractivity contribution in [1.82, 2.24) is 0 Å². The van der Waals surface area contributed by atoms with Crippen molar-refractivity contribution in [2.75, 3.05) is 7.11 Å². The summed E-state index contributed by atoms with van der Waals surface area (Å²) in [7, 11) is 1.55. The monoisotopic (exact) mass is 342 g/mol. The molecular weight excluding hydrogens is 330 g/mol. The molecule has 2 aromatic carbocycles. The molecule has 0 amide bonds. The molecule has 5 heteroatoms. The molecule has 2 aromatic rings. The van der Waals surface area contributed by atoms with Gasteiger partial charge >= 0.3 is 0 Å². The molecule has 0 heterocycles. The molecule has 2 rings (SSSR count). The number of benzene rings is 2. The quantitative estimate of drug-likeness (QED) is 0.747. The smallest absolute Gasteiger partial charge is 0.132 e. The lowest BCUT2D eigenvalue weighted by atomic mass is 10.2. The zero-order valence-corrected chi connectivity index (χ0v) is 12.4. The van der Waals surface area contributed by atoms with Crippen LogP contribution in [-0.4, -0.2) is 7.11 Å². The van der Waals surface area contributed by atoms with Crippen LogP contribution >= 0.6 is 15.9 Å². The van der Waals surface area contributed by atoms with E-state index >= 15 is 0 Å². The Morgan fingerprint density at radius 1 is 1.10 bits per heavy atom. The van der Waals surface area contributed by atoms with Gasteiger partial charge in [-0.25, -0.2) is 8.78 Å². The Bertz CT molecular complexity index is 582. The molecule has 0 saturated heterocycles. The van der Waals surface area contributed by atoms with E-state index in [2.05, 4.69) is 15.9 Å². The Morgan fingerprint density at radius 2 is 1.80 bits per heavy atom. The Kier molecular flexibility index (Phi) is 4.95. The van der Waals surface area contributed by atoms with Crippen molar-refractivity contribution in [2.24, 2.45) is 0 Å². The maximum atomic E-state index is 13.5. The number of hydrogen-bond acceptors (Lipinski definition) is 2. The topological polar surface area (TPSA) is 18.5 Å². The molecule has 20 heavy (non-hydrogen) atoms. The van der Waals surface area contributed by atoms with Crippen molar-refractivity contribution in [3.63, 3.8) is 0 Å². The summed E-state index contributed by atoms with van der Waals surface area (Å²) in [6.07, 6.45) is 0. The van der Waals surface area contributed by atoms with Crippen LogP contribution in [0.2, 0.25) is 0 Å². The SMILES string of the molecule is COc1ccc(CBr)c(OCc2c(F)cccc2F)c1. The molecule has 0 aliphatic heterocycles. The molecule has 0 radical (unpaired) electrons. The Hall–Kier alpha value is -1.62. The third-order valence-electron chi connectivity index (χ3n) is 2.85. The van der Waals surface area contributed by atoms with Gasteiger partial charge in [-0.3, -0.25) is 0 Å². The number of rotatable bonds is 5. The molecule has 0 aromatic heterocycles. The van der Waals surface area contributed by atoms with E-state index in [1.165, 1.54) is 18.2 Å². The van der Waals surface area contributed by atoms with E-state index < -0.39 is 11.6 Å². The van der Waals surface area contributed by atoms with Gasteiger partial charge in [-0.1, -0.05) is 28.1 Å². The van der Waals surface area contributed by atoms with E-state index in [1.807, 2.05) is 6.07 Å². The van der Waals surface area contributed by atoms with Crippen LogP contribution in [0.15, 0.2) is 36.4 Å². The maximum Gasteiger partial charge on any atom is 0.132 e. The highest BCUT2D eigenvalue weighted by molar-refractivity contribution is 9.08. The lowest BCUT2D eigenvalue weighted by Gasteiger charge is -2.12. The van der Waals surface area contributed by atoms with Crippen LogP contribution in [0.5, 0.6) is 11.5 Å². The molecule has 0 aliphatic carbocycles. The second kappa shape index (κ2) is 6.70. The van der Waals surface area contributed by atoms with Crippen LogP contribution in [0.4, 0.5) is 8.78 Å². The second-order valence-electron chi connectivity index (χ2n) is 4.10. The number of methoxy groups -OCH3 is 1. The minimum Gasteiger partial charge on any atom is -0.497 e. The van der Waals surface area contributed by atoms with Crippen LogP contribution < -0.4 is 9.47 Å². The number of hydrogen-bond donors (Lipinski definition) is 0. The zero-order valence-electron chi connectivity index (χ0n) is 10.8. The molecule has 0 unspecified atom stereocenters. The maximum absolute atomic E-state index is 13.5. The molecule has 0 fully saturated rings. The first kappa shape index (κ1) is 14.8. The van der Waals surface area contributed by atoms with Gasteiger partial charge in [0, 0.05) is 17.0 Å². The summed E-state index contributed by atoms with van der Waals surface area (Å²) in [5.41, 5.74) is 0.790. The first-order chi connectivity index (χ1) is 9.65. The van der Waals surface area contributed by atoms with Crippen LogP contribution in [0.1, 0.15) is 11.1 Å². The molecule has 0 aliphatic rings. The molecule has 0 N–H and O–H groups in total. The summed E-state index contributed by atoms with van der Waals surface area (Å²) in [5.74, 6) is -0.0795. The highest BCUT2D eigenvalue weighted by Crippen LogP contribution is 2.28. The van der Waals surface area contributed by atoms with Crippen molar-refractivity contribution < 1.29 is 18.3 Å². The summed E-state index contributed by atoms with van der Waals surface area (Å²) in [5, 5.41) is 0.575. The van der Waals surface area contributed by atoms with Crippen LogP contribution in [0.25, 0.3) is 0 Å². The highest BCUT2D eigenvalue weighted by atomic mass is 79.9. The number of halogens is 3. The van der Waals surface area contributed by atoms with Gasteiger partial charge in [0.05, 0.1) is 12.7 Å². The lowest BCUT2D eigenvalue weighted by Crippen LogP contribution is -2.03. The summed E-state index contributed by atoms with van der Waals surface area (Å²) >= 11 is 3.34. The van der Waals surface area contributed by atoms with Crippen molar-refractivity contribution in [2.45, 2.75) is 11.9 Å². The Balaban J connectivity index is 2.22. The van der Waals surface area contributed by atoms with E-state index in [-0.39, 0.29) is 12.2 Å². The summed E-state index contributed by atoms with van der Waals surface area (Å²) in [6.45, 7) is -0.175. The zero-order chi connectivity index (χ0) is 14.5. The fourth-order valence-electron chi connectivity index (χ4n) is 1.73. The van der Waals surface area contributed by atoms with Gasteiger partial charge in [0.1, 0.15) is 29.7 Å². The molecule has 0 bridgehead atoms. The first-order valence-corrected chi connectivity index (χ1v) is 7.06. The predicted molar refractivity (Wildman–Crippen MR) is 76.3 cm³/mol. The number of ether oxygens (including phenoxy) is 2. The molecule has 0 spiro atoms. The normalized spacial score (nSPS) is 10.4. The minimum absolute atomic E-state index is 0.0872. The van der Waals surface area contributed by atoms with E-state index in [9.17, 15) is 8.78 Å². The summed E-state index contributed by atoms with van der Waals surface area (Å²) in [6, 6.07) is 9.06. The third-order valence-corrected chi connectivity index (χ3v) is 3.46. The Morgan fingerprint density at radius 3 is 2.40 bits per heavy atom. The van der Waals surface area contributed by atoms with Gasteiger partial charge < -0.3 is 9.47 Å². The van der Waals surface area contributed by atoms with E-state index in [4.69, 9.17) is 9.47 Å². The fourth-order valence-corrected chi connectivity index (χ4v) is 2.19. The fraction of sp³-hybridized carbons (Fsp3) is 0.200. The second-order valence-corrected chi connectivity index (χ2v) is 4.66. The molecule has 0 saturated carbocycles. The Labute approximate surface area is 124 Å². The van der Waals surface area contributed by atoms with Crippen LogP contribution in [0, 0.1) is 11.6 Å². The van der Waals surface area contributed by atoms with Crippen molar-refractivity contribution in [3.05, 3.63) is 59.2 Å². The average Bonchev–Trinajstić information content (AvgIpc) is 2.46. The van der Waals surface area contributed by atoms with E-state index in [0.717, 1.165) is 5.56 Å². The largest absolute Gasteiger partial charge is 0.497 e. The van der Waals surface area contributed by atoms with E-state index in [1.54, 1.807) is 19.2 Å².